The molecule has 1 nitrogen and oxygen atoms in total. The molecule has 2 aromatic rings. The summed E-state index contributed by atoms with van der Waals surface area (Å²) in [6.07, 6.45) is -4.14. The van der Waals surface area contributed by atoms with E-state index in [0.717, 1.165) is 17.7 Å². The molecular formula is C15H12F5N. The number of hydrogen-bond acceptors (Lipinski definition) is 1. The number of rotatable bonds is 4. The van der Waals surface area contributed by atoms with Gasteiger partial charge in [0.1, 0.15) is 11.6 Å². The first kappa shape index (κ1) is 15.3. The standard InChI is InChI=1S/C15H12F5N/c16-12-3-1-2-10(8-12)6-7-21-14-5-4-11(9-13(14)17)15(18,19)20/h1-5,8-9,21H,6-7H2. The van der Waals surface area contributed by atoms with E-state index in [1.807, 2.05) is 0 Å². The quantitative estimate of drug-likeness (QED) is 0.811. The molecule has 0 aliphatic carbocycles. The van der Waals surface area contributed by atoms with Crippen LogP contribution in [0.1, 0.15) is 11.1 Å². The summed E-state index contributed by atoms with van der Waals surface area (Å²) in [5.74, 6) is -1.34. The Morgan fingerprint density at radius 3 is 2.33 bits per heavy atom. The molecule has 0 bridgehead atoms. The first-order chi connectivity index (χ1) is 9.86. The molecule has 0 spiro atoms. The summed E-state index contributed by atoms with van der Waals surface area (Å²) < 4.78 is 63.7. The minimum atomic E-state index is -4.57. The third kappa shape index (κ3) is 4.18. The molecule has 0 radical (unpaired) electrons. The number of benzene rings is 2. The van der Waals surface area contributed by atoms with Crippen molar-refractivity contribution in [3.05, 3.63) is 65.2 Å². The highest BCUT2D eigenvalue weighted by atomic mass is 19.4. The molecule has 0 saturated heterocycles. The van der Waals surface area contributed by atoms with Gasteiger partial charge in [-0.1, -0.05) is 12.1 Å². The first-order valence-corrected chi connectivity index (χ1v) is 6.21. The number of halogens is 5. The second kappa shape index (κ2) is 6.11. The van der Waals surface area contributed by atoms with Crippen LogP contribution in [0.4, 0.5) is 27.6 Å². The molecule has 112 valence electrons. The second-order valence-electron chi connectivity index (χ2n) is 4.50. The van der Waals surface area contributed by atoms with Crippen molar-refractivity contribution in [1.29, 1.82) is 0 Å². The van der Waals surface area contributed by atoms with Crippen LogP contribution in [0.15, 0.2) is 42.5 Å². The molecule has 2 rings (SSSR count). The van der Waals surface area contributed by atoms with Gasteiger partial charge in [0.15, 0.2) is 0 Å². The Morgan fingerprint density at radius 1 is 0.952 bits per heavy atom. The van der Waals surface area contributed by atoms with E-state index in [-0.39, 0.29) is 18.0 Å². The van der Waals surface area contributed by atoms with Crippen molar-refractivity contribution in [2.45, 2.75) is 12.6 Å². The number of alkyl halides is 3. The van der Waals surface area contributed by atoms with Crippen molar-refractivity contribution in [3.8, 4) is 0 Å². The molecule has 1 N–H and O–H groups in total. The van der Waals surface area contributed by atoms with Crippen LogP contribution in [0.25, 0.3) is 0 Å². The van der Waals surface area contributed by atoms with E-state index in [0.29, 0.717) is 12.5 Å². The van der Waals surface area contributed by atoms with Gasteiger partial charge < -0.3 is 5.32 Å². The summed E-state index contributed by atoms with van der Waals surface area (Å²) in [5.41, 5.74) is -0.329. The summed E-state index contributed by atoms with van der Waals surface area (Å²) in [5, 5.41) is 2.69. The molecule has 0 aliphatic rings. The molecule has 0 unspecified atom stereocenters. The summed E-state index contributed by atoms with van der Waals surface area (Å²) in [6.45, 7) is 0.283. The minimum absolute atomic E-state index is 0.0144. The van der Waals surface area contributed by atoms with E-state index < -0.39 is 17.6 Å². The smallest absolute Gasteiger partial charge is 0.382 e. The zero-order chi connectivity index (χ0) is 15.5. The zero-order valence-electron chi connectivity index (χ0n) is 10.8. The summed E-state index contributed by atoms with van der Waals surface area (Å²) >= 11 is 0. The summed E-state index contributed by atoms with van der Waals surface area (Å²) in [4.78, 5) is 0. The summed E-state index contributed by atoms with van der Waals surface area (Å²) in [6, 6.07) is 8.25. The Morgan fingerprint density at radius 2 is 1.71 bits per heavy atom. The summed E-state index contributed by atoms with van der Waals surface area (Å²) in [7, 11) is 0. The fourth-order valence-corrected chi connectivity index (χ4v) is 1.87. The van der Waals surface area contributed by atoms with E-state index >= 15 is 0 Å². The van der Waals surface area contributed by atoms with E-state index in [2.05, 4.69) is 5.32 Å². The van der Waals surface area contributed by atoms with Crippen molar-refractivity contribution >= 4 is 5.69 Å². The molecule has 0 fully saturated rings. The van der Waals surface area contributed by atoms with Crippen molar-refractivity contribution in [3.63, 3.8) is 0 Å². The van der Waals surface area contributed by atoms with Gasteiger partial charge >= 0.3 is 6.18 Å². The number of anilines is 1. The largest absolute Gasteiger partial charge is 0.416 e. The molecule has 21 heavy (non-hydrogen) atoms. The van der Waals surface area contributed by atoms with Gasteiger partial charge in [0, 0.05) is 6.54 Å². The van der Waals surface area contributed by atoms with Crippen LogP contribution in [0, 0.1) is 11.6 Å². The fraction of sp³-hybridized carbons (Fsp3) is 0.200. The molecule has 0 heterocycles. The maximum atomic E-state index is 13.5. The molecule has 6 heteroatoms. The average Bonchev–Trinajstić information content (AvgIpc) is 2.39. The monoisotopic (exact) mass is 301 g/mol. The topological polar surface area (TPSA) is 12.0 Å². The van der Waals surface area contributed by atoms with Crippen LogP contribution in [0.3, 0.4) is 0 Å². The van der Waals surface area contributed by atoms with E-state index in [1.54, 1.807) is 12.1 Å². The predicted molar refractivity (Wildman–Crippen MR) is 70.0 cm³/mol. The van der Waals surface area contributed by atoms with E-state index in [1.165, 1.54) is 12.1 Å². The molecule has 0 saturated carbocycles. The lowest BCUT2D eigenvalue weighted by Gasteiger charge is -2.11. The average molecular weight is 301 g/mol. The Balaban J connectivity index is 1.98. The van der Waals surface area contributed by atoms with Crippen LogP contribution >= 0.6 is 0 Å². The maximum absolute atomic E-state index is 13.5. The molecule has 0 aliphatic heterocycles. The lowest BCUT2D eigenvalue weighted by atomic mass is 10.1. The SMILES string of the molecule is Fc1cccc(CCNc2ccc(C(F)(F)F)cc2F)c1. The third-order valence-electron chi connectivity index (χ3n) is 2.91. The van der Waals surface area contributed by atoms with Crippen LogP contribution in [0.2, 0.25) is 0 Å². The third-order valence-corrected chi connectivity index (χ3v) is 2.91. The zero-order valence-corrected chi connectivity index (χ0v) is 10.8. The Labute approximate surface area is 118 Å². The van der Waals surface area contributed by atoms with Gasteiger partial charge in [-0.2, -0.15) is 13.2 Å². The molecular weight excluding hydrogens is 289 g/mol. The highest BCUT2D eigenvalue weighted by molar-refractivity contribution is 5.47. The Kier molecular flexibility index (Phi) is 4.45. The maximum Gasteiger partial charge on any atom is 0.416 e. The predicted octanol–water partition coefficient (Wildman–Crippen LogP) is 4.64. The van der Waals surface area contributed by atoms with Gasteiger partial charge in [-0.05, 0) is 42.3 Å². The normalized spacial score (nSPS) is 11.5. The second-order valence-corrected chi connectivity index (χ2v) is 4.50. The highest BCUT2D eigenvalue weighted by Gasteiger charge is 2.31. The molecule has 0 atom stereocenters. The van der Waals surface area contributed by atoms with Crippen LogP contribution in [-0.4, -0.2) is 6.54 Å². The molecule has 2 aromatic carbocycles. The number of nitrogens with one attached hydrogen (secondary N) is 1. The van der Waals surface area contributed by atoms with Gasteiger partial charge in [0.25, 0.3) is 0 Å². The van der Waals surface area contributed by atoms with Gasteiger partial charge in [0.2, 0.25) is 0 Å². The van der Waals surface area contributed by atoms with Gasteiger partial charge in [-0.3, -0.25) is 0 Å². The molecule has 0 amide bonds. The lowest BCUT2D eigenvalue weighted by Crippen LogP contribution is -2.09. The van der Waals surface area contributed by atoms with Gasteiger partial charge in [0.05, 0.1) is 11.3 Å². The van der Waals surface area contributed by atoms with Crippen molar-refractivity contribution in [2.75, 3.05) is 11.9 Å². The Hall–Kier alpha value is -2.11. The van der Waals surface area contributed by atoms with Crippen molar-refractivity contribution < 1.29 is 22.0 Å². The van der Waals surface area contributed by atoms with Crippen LogP contribution < -0.4 is 5.32 Å². The number of hydrogen-bond donors (Lipinski definition) is 1. The van der Waals surface area contributed by atoms with Crippen LogP contribution in [0.5, 0.6) is 0 Å². The van der Waals surface area contributed by atoms with Gasteiger partial charge in [-0.15, -0.1) is 0 Å². The van der Waals surface area contributed by atoms with E-state index in [4.69, 9.17) is 0 Å². The fourth-order valence-electron chi connectivity index (χ4n) is 1.87. The Bertz CT molecular complexity index is 622. The van der Waals surface area contributed by atoms with E-state index in [9.17, 15) is 22.0 Å². The van der Waals surface area contributed by atoms with Gasteiger partial charge in [-0.25, -0.2) is 8.78 Å². The first-order valence-electron chi connectivity index (χ1n) is 6.21. The molecule has 0 aromatic heterocycles. The van der Waals surface area contributed by atoms with Crippen molar-refractivity contribution in [2.24, 2.45) is 0 Å². The highest BCUT2D eigenvalue weighted by Crippen LogP contribution is 2.31. The van der Waals surface area contributed by atoms with Crippen LogP contribution in [-0.2, 0) is 12.6 Å². The lowest BCUT2D eigenvalue weighted by molar-refractivity contribution is -0.137. The van der Waals surface area contributed by atoms with Crippen molar-refractivity contribution in [1.82, 2.24) is 0 Å². The minimum Gasteiger partial charge on any atom is -0.382 e.